The number of hydrogen-bond acceptors (Lipinski definition) is 4. The van der Waals surface area contributed by atoms with Crippen LogP contribution < -0.4 is 9.62 Å². The zero-order valence-electron chi connectivity index (χ0n) is 23.9. The van der Waals surface area contributed by atoms with Gasteiger partial charge < -0.3 is 10.2 Å². The summed E-state index contributed by atoms with van der Waals surface area (Å²) in [4.78, 5) is 29.1. The topological polar surface area (TPSA) is 86.8 Å². The highest BCUT2D eigenvalue weighted by molar-refractivity contribution is 7.92. The first-order chi connectivity index (χ1) is 20.1. The van der Waals surface area contributed by atoms with Gasteiger partial charge in [0.1, 0.15) is 12.6 Å². The van der Waals surface area contributed by atoms with Crippen LogP contribution in [0, 0.1) is 0 Å². The molecule has 1 N–H and O–H groups in total. The molecule has 0 aliphatic heterocycles. The Hall–Kier alpha value is -3.07. The normalized spacial score (nSPS) is 14.7. The number of hydrogen-bond donors (Lipinski definition) is 1. The third-order valence-electron chi connectivity index (χ3n) is 7.76. The molecule has 3 aromatic carbocycles. The van der Waals surface area contributed by atoms with E-state index in [0.29, 0.717) is 27.7 Å². The second-order valence-corrected chi connectivity index (χ2v) is 13.2. The fourth-order valence-corrected chi connectivity index (χ4v) is 7.28. The first-order valence-corrected chi connectivity index (χ1v) is 16.5. The number of carbonyl (C=O) groups is 2. The number of carbonyl (C=O) groups excluding carboxylic acids is 2. The summed E-state index contributed by atoms with van der Waals surface area (Å²) in [6.45, 7) is 3.00. The van der Waals surface area contributed by atoms with Crippen molar-refractivity contribution in [1.82, 2.24) is 10.2 Å². The smallest absolute Gasteiger partial charge is 0.264 e. The number of aryl methyl sites for hydroxylation is 1. The molecule has 1 saturated carbocycles. The molecule has 0 aromatic heterocycles. The summed E-state index contributed by atoms with van der Waals surface area (Å²) in [5.41, 5.74) is 1.67. The molecule has 1 fully saturated rings. The van der Waals surface area contributed by atoms with Gasteiger partial charge >= 0.3 is 0 Å². The van der Waals surface area contributed by atoms with Crippen LogP contribution in [0.5, 0.6) is 0 Å². The van der Waals surface area contributed by atoms with Crippen molar-refractivity contribution in [2.75, 3.05) is 10.8 Å². The molecule has 0 bridgehead atoms. The minimum atomic E-state index is -4.14. The van der Waals surface area contributed by atoms with E-state index in [0.717, 1.165) is 42.0 Å². The van der Waals surface area contributed by atoms with Gasteiger partial charge in [-0.2, -0.15) is 0 Å². The Morgan fingerprint density at radius 1 is 0.905 bits per heavy atom. The van der Waals surface area contributed by atoms with E-state index in [2.05, 4.69) is 5.32 Å². The lowest BCUT2D eigenvalue weighted by atomic mass is 9.95. The van der Waals surface area contributed by atoms with Crippen LogP contribution in [0.4, 0.5) is 5.69 Å². The number of sulfonamides is 1. The Labute approximate surface area is 258 Å². The molecule has 7 nitrogen and oxygen atoms in total. The third kappa shape index (κ3) is 7.46. The van der Waals surface area contributed by atoms with E-state index < -0.39 is 28.5 Å². The molecule has 0 saturated heterocycles. The summed E-state index contributed by atoms with van der Waals surface area (Å²) in [5.74, 6) is -0.854. The second kappa shape index (κ2) is 14.4. The number of anilines is 1. The standard InChI is InChI=1S/C32H37Cl2N3O4S/c1-3-24-13-10-11-20-30(24)37(42(40,41)26-16-8-5-9-17-26)22-31(38)36(21-27-28(33)18-12-19-29(27)34)23(2)32(39)35-25-14-6-4-7-15-25/h5,8-13,16-20,23,25H,3-4,6-7,14-15,21-22H2,1-2H3,(H,35,39)/t23-/m0/s1. The number of para-hydroxylation sites is 1. The highest BCUT2D eigenvalue weighted by Crippen LogP contribution is 2.30. The van der Waals surface area contributed by atoms with E-state index in [-0.39, 0.29) is 23.4 Å². The maximum Gasteiger partial charge on any atom is 0.264 e. The van der Waals surface area contributed by atoms with Crippen LogP contribution in [0.15, 0.2) is 77.7 Å². The number of halogens is 2. The highest BCUT2D eigenvalue weighted by atomic mass is 35.5. The maximum atomic E-state index is 14.2. The molecule has 1 aliphatic carbocycles. The summed E-state index contributed by atoms with van der Waals surface area (Å²) in [6.07, 6.45) is 5.56. The lowest BCUT2D eigenvalue weighted by molar-refractivity contribution is -0.139. The first kappa shape index (κ1) is 31.9. The Morgan fingerprint density at radius 2 is 1.52 bits per heavy atom. The van der Waals surface area contributed by atoms with Gasteiger partial charge in [-0.15, -0.1) is 0 Å². The van der Waals surface area contributed by atoms with E-state index in [1.807, 2.05) is 19.1 Å². The summed E-state index contributed by atoms with van der Waals surface area (Å²) in [5, 5.41) is 3.80. The molecular weight excluding hydrogens is 593 g/mol. The number of rotatable bonds is 11. The highest BCUT2D eigenvalue weighted by Gasteiger charge is 2.34. The van der Waals surface area contributed by atoms with E-state index in [4.69, 9.17) is 23.2 Å². The monoisotopic (exact) mass is 629 g/mol. The molecule has 1 aliphatic rings. The first-order valence-electron chi connectivity index (χ1n) is 14.3. The summed E-state index contributed by atoms with van der Waals surface area (Å²) >= 11 is 13.0. The summed E-state index contributed by atoms with van der Waals surface area (Å²) < 4.78 is 29.2. The van der Waals surface area contributed by atoms with Crippen LogP contribution >= 0.6 is 23.2 Å². The van der Waals surface area contributed by atoms with Crippen LogP contribution in [0.2, 0.25) is 10.0 Å². The van der Waals surface area contributed by atoms with Crippen molar-refractivity contribution in [3.05, 3.63) is 94.0 Å². The SMILES string of the molecule is CCc1ccccc1N(CC(=O)N(Cc1c(Cl)cccc1Cl)[C@@H](C)C(=O)NC1CCCCC1)S(=O)(=O)c1ccccc1. The number of benzene rings is 3. The predicted octanol–water partition coefficient (Wildman–Crippen LogP) is 6.62. The van der Waals surface area contributed by atoms with Crippen molar-refractivity contribution in [2.45, 2.75) is 75.9 Å². The van der Waals surface area contributed by atoms with Crippen LogP contribution in [0.1, 0.15) is 57.1 Å². The molecule has 1 atom stereocenters. The van der Waals surface area contributed by atoms with Gasteiger partial charge in [0.15, 0.2) is 0 Å². The lowest BCUT2D eigenvalue weighted by Gasteiger charge is -2.34. The molecular formula is C32H37Cl2N3O4S. The molecule has 3 aromatic rings. The van der Waals surface area contributed by atoms with Crippen LogP contribution in [-0.4, -0.2) is 43.8 Å². The fraction of sp³-hybridized carbons (Fsp3) is 0.375. The van der Waals surface area contributed by atoms with E-state index >= 15 is 0 Å². The van der Waals surface area contributed by atoms with Gasteiger partial charge in [0, 0.05) is 28.2 Å². The molecule has 42 heavy (non-hydrogen) atoms. The van der Waals surface area contributed by atoms with E-state index in [9.17, 15) is 18.0 Å². The van der Waals surface area contributed by atoms with Gasteiger partial charge in [0.25, 0.3) is 10.0 Å². The zero-order chi connectivity index (χ0) is 30.3. The maximum absolute atomic E-state index is 14.2. The Morgan fingerprint density at radius 3 is 2.17 bits per heavy atom. The molecule has 10 heteroatoms. The van der Waals surface area contributed by atoms with Crippen molar-refractivity contribution in [2.24, 2.45) is 0 Å². The molecule has 0 spiro atoms. The molecule has 224 valence electrons. The van der Waals surface area contributed by atoms with Gasteiger partial charge in [-0.1, -0.05) is 91.9 Å². The van der Waals surface area contributed by atoms with Crippen molar-refractivity contribution in [1.29, 1.82) is 0 Å². The van der Waals surface area contributed by atoms with Crippen LogP contribution in [-0.2, 0) is 32.6 Å². The molecule has 2 amide bonds. The second-order valence-electron chi connectivity index (χ2n) is 10.5. The third-order valence-corrected chi connectivity index (χ3v) is 10.2. The molecule has 0 radical (unpaired) electrons. The van der Waals surface area contributed by atoms with E-state index in [1.54, 1.807) is 55.5 Å². The van der Waals surface area contributed by atoms with Gasteiger partial charge in [-0.25, -0.2) is 8.42 Å². The van der Waals surface area contributed by atoms with Crippen LogP contribution in [0.3, 0.4) is 0 Å². The predicted molar refractivity (Wildman–Crippen MR) is 168 cm³/mol. The average molecular weight is 631 g/mol. The van der Waals surface area contributed by atoms with Gasteiger partial charge in [-0.05, 0) is 62.1 Å². The largest absolute Gasteiger partial charge is 0.352 e. The van der Waals surface area contributed by atoms with Crippen LogP contribution in [0.25, 0.3) is 0 Å². The lowest BCUT2D eigenvalue weighted by Crippen LogP contribution is -2.53. The summed E-state index contributed by atoms with van der Waals surface area (Å²) in [7, 11) is -4.14. The Balaban J connectivity index is 1.73. The average Bonchev–Trinajstić information content (AvgIpc) is 3.00. The fourth-order valence-electron chi connectivity index (χ4n) is 5.29. The Bertz CT molecular complexity index is 1470. The van der Waals surface area contributed by atoms with Gasteiger partial charge in [0.2, 0.25) is 11.8 Å². The minimum Gasteiger partial charge on any atom is -0.352 e. The zero-order valence-corrected chi connectivity index (χ0v) is 26.3. The van der Waals surface area contributed by atoms with Gasteiger partial charge in [-0.3, -0.25) is 13.9 Å². The number of nitrogens with zero attached hydrogens (tertiary/aromatic N) is 2. The number of nitrogens with one attached hydrogen (secondary N) is 1. The number of amides is 2. The molecule has 0 heterocycles. The quantitative estimate of drug-likeness (QED) is 0.258. The summed E-state index contributed by atoms with van der Waals surface area (Å²) in [6, 6.07) is 19.3. The Kier molecular flexibility index (Phi) is 10.9. The minimum absolute atomic E-state index is 0.0425. The molecule has 0 unspecified atom stereocenters. The van der Waals surface area contributed by atoms with Gasteiger partial charge in [0.05, 0.1) is 10.6 Å². The van der Waals surface area contributed by atoms with Crippen molar-refractivity contribution < 1.29 is 18.0 Å². The van der Waals surface area contributed by atoms with E-state index in [1.165, 1.54) is 17.0 Å². The van der Waals surface area contributed by atoms with Crippen molar-refractivity contribution in [3.63, 3.8) is 0 Å². The van der Waals surface area contributed by atoms with Crippen molar-refractivity contribution in [3.8, 4) is 0 Å². The van der Waals surface area contributed by atoms with Crippen molar-refractivity contribution >= 4 is 50.7 Å². The molecule has 4 rings (SSSR count).